The van der Waals surface area contributed by atoms with Crippen LogP contribution in [0.25, 0.3) is 16.9 Å². The first-order chi connectivity index (χ1) is 11.1. The van der Waals surface area contributed by atoms with E-state index >= 15 is 0 Å². The smallest absolute Gasteiger partial charge is 0.356 e. The zero-order valence-corrected chi connectivity index (χ0v) is 12.9. The highest BCUT2D eigenvalue weighted by atomic mass is 35.5. The second-order valence-electron chi connectivity index (χ2n) is 4.70. The summed E-state index contributed by atoms with van der Waals surface area (Å²) in [5.74, 6) is -0.632. The molecule has 1 N–H and O–H groups in total. The molecule has 0 unspecified atom stereocenters. The first kappa shape index (κ1) is 15.1. The van der Waals surface area contributed by atoms with E-state index in [0.29, 0.717) is 22.3 Å². The summed E-state index contributed by atoms with van der Waals surface area (Å²) in [5.41, 5.74) is 2.00. The molecule has 0 fully saturated rings. The molecule has 2 aromatic heterocycles. The van der Waals surface area contributed by atoms with Gasteiger partial charge in [0.1, 0.15) is 0 Å². The first-order valence-corrected chi connectivity index (χ1v) is 7.06. The molecule has 2 heterocycles. The van der Waals surface area contributed by atoms with Gasteiger partial charge in [-0.1, -0.05) is 23.7 Å². The molecule has 0 saturated carbocycles. The molecule has 0 aliphatic heterocycles. The summed E-state index contributed by atoms with van der Waals surface area (Å²) in [5, 5.41) is 13.9. The highest BCUT2D eigenvalue weighted by molar-refractivity contribution is 6.30. The molecule has 1 aromatic carbocycles. The van der Waals surface area contributed by atoms with Gasteiger partial charge in [0.25, 0.3) is 0 Å². The van der Waals surface area contributed by atoms with E-state index < -0.39 is 5.97 Å². The molecule has 7 heteroatoms. The van der Waals surface area contributed by atoms with Crippen LogP contribution in [0.4, 0.5) is 0 Å². The summed E-state index contributed by atoms with van der Waals surface area (Å²) in [6.45, 7) is 0. The minimum atomic E-state index is -1.10. The van der Waals surface area contributed by atoms with Crippen LogP contribution >= 0.6 is 11.6 Å². The maximum absolute atomic E-state index is 11.3. The zero-order chi connectivity index (χ0) is 16.4. The Kier molecular flexibility index (Phi) is 3.99. The van der Waals surface area contributed by atoms with Gasteiger partial charge < -0.3 is 9.84 Å². The number of aromatic nitrogens is 3. The SMILES string of the molecule is COc1ccc(-n2nc(C(=O)O)cc2-c2ccc(Cl)cc2)cn1. The predicted octanol–water partition coefficient (Wildman–Crippen LogP) is 3.29. The highest BCUT2D eigenvalue weighted by Crippen LogP contribution is 2.25. The van der Waals surface area contributed by atoms with Crippen LogP contribution in [-0.2, 0) is 0 Å². The average Bonchev–Trinajstić information content (AvgIpc) is 3.01. The third kappa shape index (κ3) is 3.02. The molecule has 0 aliphatic rings. The third-order valence-corrected chi connectivity index (χ3v) is 3.49. The molecular weight excluding hydrogens is 318 g/mol. The fraction of sp³-hybridized carbons (Fsp3) is 0.0625. The number of carbonyl (C=O) groups is 1. The van der Waals surface area contributed by atoms with Crippen molar-refractivity contribution in [1.29, 1.82) is 0 Å². The first-order valence-electron chi connectivity index (χ1n) is 6.68. The standard InChI is InChI=1S/C16H12ClN3O3/c1-23-15-7-6-12(9-18-15)20-14(8-13(19-20)16(21)22)10-2-4-11(17)5-3-10/h2-9H,1H3,(H,21,22). The monoisotopic (exact) mass is 329 g/mol. The maximum atomic E-state index is 11.3. The van der Waals surface area contributed by atoms with Gasteiger partial charge in [-0.3, -0.25) is 0 Å². The number of ether oxygens (including phenoxy) is 1. The summed E-state index contributed by atoms with van der Waals surface area (Å²) < 4.78 is 6.55. The van der Waals surface area contributed by atoms with Crippen molar-refractivity contribution >= 4 is 17.6 Å². The Hall–Kier alpha value is -2.86. The number of aromatic carboxylic acids is 1. The van der Waals surface area contributed by atoms with E-state index in [1.807, 2.05) is 0 Å². The number of rotatable bonds is 4. The lowest BCUT2D eigenvalue weighted by molar-refractivity contribution is 0.0690. The third-order valence-electron chi connectivity index (χ3n) is 3.24. The van der Waals surface area contributed by atoms with Crippen molar-refractivity contribution in [3.63, 3.8) is 0 Å². The molecule has 6 nitrogen and oxygen atoms in total. The van der Waals surface area contributed by atoms with E-state index in [1.54, 1.807) is 42.6 Å². The van der Waals surface area contributed by atoms with Crippen molar-refractivity contribution in [3.8, 4) is 22.8 Å². The van der Waals surface area contributed by atoms with Crippen LogP contribution in [0.5, 0.6) is 5.88 Å². The van der Waals surface area contributed by atoms with Crippen LogP contribution in [0, 0.1) is 0 Å². The van der Waals surface area contributed by atoms with Gasteiger partial charge in [-0.2, -0.15) is 5.10 Å². The fourth-order valence-electron chi connectivity index (χ4n) is 2.13. The topological polar surface area (TPSA) is 77.2 Å². The summed E-state index contributed by atoms with van der Waals surface area (Å²) >= 11 is 5.90. The molecule has 0 bridgehead atoms. The largest absolute Gasteiger partial charge is 0.481 e. The number of benzene rings is 1. The molecule has 0 saturated heterocycles. The Balaban J connectivity index is 2.13. The van der Waals surface area contributed by atoms with Crippen LogP contribution in [0.2, 0.25) is 5.02 Å². The molecule has 0 radical (unpaired) electrons. The van der Waals surface area contributed by atoms with E-state index in [-0.39, 0.29) is 5.69 Å². The molecule has 3 rings (SSSR count). The fourth-order valence-corrected chi connectivity index (χ4v) is 2.25. The van der Waals surface area contributed by atoms with Gasteiger partial charge in [-0.05, 0) is 24.3 Å². The summed E-state index contributed by atoms with van der Waals surface area (Å²) in [4.78, 5) is 15.4. The van der Waals surface area contributed by atoms with Crippen molar-refractivity contribution in [2.45, 2.75) is 0 Å². The number of halogens is 1. The Morgan fingerprint density at radius 1 is 1.22 bits per heavy atom. The highest BCUT2D eigenvalue weighted by Gasteiger charge is 2.16. The minimum absolute atomic E-state index is 0.0502. The maximum Gasteiger partial charge on any atom is 0.356 e. The summed E-state index contributed by atoms with van der Waals surface area (Å²) in [6, 6.07) is 12.0. The molecule has 0 aliphatic carbocycles. The van der Waals surface area contributed by atoms with Gasteiger partial charge in [-0.15, -0.1) is 0 Å². The molecule has 116 valence electrons. The Bertz CT molecular complexity index is 842. The lowest BCUT2D eigenvalue weighted by Gasteiger charge is -2.08. The second-order valence-corrected chi connectivity index (χ2v) is 5.13. The normalized spacial score (nSPS) is 10.5. The van der Waals surface area contributed by atoms with Crippen LogP contribution in [0.1, 0.15) is 10.5 Å². The van der Waals surface area contributed by atoms with E-state index in [4.69, 9.17) is 16.3 Å². The van der Waals surface area contributed by atoms with Gasteiger partial charge in [-0.25, -0.2) is 14.5 Å². The van der Waals surface area contributed by atoms with Crippen molar-refractivity contribution in [2.24, 2.45) is 0 Å². The van der Waals surface area contributed by atoms with E-state index in [9.17, 15) is 9.90 Å². The minimum Gasteiger partial charge on any atom is -0.481 e. The molecule has 0 amide bonds. The van der Waals surface area contributed by atoms with Crippen molar-refractivity contribution < 1.29 is 14.6 Å². The van der Waals surface area contributed by atoms with Gasteiger partial charge >= 0.3 is 5.97 Å². The number of carboxylic acid groups (broad SMARTS) is 1. The van der Waals surface area contributed by atoms with Gasteiger partial charge in [0.2, 0.25) is 5.88 Å². The second kappa shape index (κ2) is 6.10. The number of nitrogens with zero attached hydrogens (tertiary/aromatic N) is 3. The van der Waals surface area contributed by atoms with E-state index in [1.165, 1.54) is 17.9 Å². The lowest BCUT2D eigenvalue weighted by atomic mass is 10.1. The number of methoxy groups -OCH3 is 1. The summed E-state index contributed by atoms with van der Waals surface area (Å²) in [7, 11) is 1.53. The number of hydrogen-bond acceptors (Lipinski definition) is 4. The molecule has 3 aromatic rings. The molecule has 23 heavy (non-hydrogen) atoms. The Morgan fingerprint density at radius 3 is 2.52 bits per heavy atom. The summed E-state index contributed by atoms with van der Waals surface area (Å²) in [6.07, 6.45) is 1.57. The zero-order valence-electron chi connectivity index (χ0n) is 12.1. The molecule has 0 spiro atoms. The van der Waals surface area contributed by atoms with Crippen LogP contribution in [-0.4, -0.2) is 33.0 Å². The lowest BCUT2D eigenvalue weighted by Crippen LogP contribution is -2.03. The van der Waals surface area contributed by atoms with Crippen LogP contribution in [0.3, 0.4) is 0 Å². The Morgan fingerprint density at radius 2 is 1.96 bits per heavy atom. The van der Waals surface area contributed by atoms with Crippen molar-refractivity contribution in [3.05, 3.63) is 59.4 Å². The molecule has 0 atom stereocenters. The van der Waals surface area contributed by atoms with Gasteiger partial charge in [0, 0.05) is 16.7 Å². The van der Waals surface area contributed by atoms with E-state index in [2.05, 4.69) is 10.1 Å². The van der Waals surface area contributed by atoms with Gasteiger partial charge in [0.15, 0.2) is 5.69 Å². The van der Waals surface area contributed by atoms with Crippen molar-refractivity contribution in [1.82, 2.24) is 14.8 Å². The average molecular weight is 330 g/mol. The quantitative estimate of drug-likeness (QED) is 0.794. The Labute approximate surface area is 136 Å². The van der Waals surface area contributed by atoms with Crippen molar-refractivity contribution in [2.75, 3.05) is 7.11 Å². The van der Waals surface area contributed by atoms with Gasteiger partial charge in [0.05, 0.1) is 24.7 Å². The number of carboxylic acids is 1. The van der Waals surface area contributed by atoms with Crippen LogP contribution < -0.4 is 4.74 Å². The number of pyridine rings is 1. The van der Waals surface area contributed by atoms with Crippen LogP contribution in [0.15, 0.2) is 48.7 Å². The number of hydrogen-bond donors (Lipinski definition) is 1. The predicted molar refractivity (Wildman–Crippen MR) is 85.3 cm³/mol. The molecular formula is C16H12ClN3O3. The van der Waals surface area contributed by atoms with E-state index in [0.717, 1.165) is 5.56 Å².